The minimum atomic E-state index is -0.0682. The van der Waals surface area contributed by atoms with Gasteiger partial charge in [0.1, 0.15) is 5.82 Å². The lowest BCUT2D eigenvalue weighted by atomic mass is 10.4. The van der Waals surface area contributed by atoms with Gasteiger partial charge in [0.2, 0.25) is 11.9 Å². The van der Waals surface area contributed by atoms with Crippen molar-refractivity contribution in [2.24, 2.45) is 7.05 Å². The van der Waals surface area contributed by atoms with Crippen LogP contribution in [0.5, 0.6) is 0 Å². The second kappa shape index (κ2) is 6.48. The predicted octanol–water partition coefficient (Wildman–Crippen LogP) is 1.76. The number of aromatic nitrogens is 6. The highest BCUT2D eigenvalue weighted by atomic mass is 32.2. The quantitative estimate of drug-likeness (QED) is 0.690. The highest BCUT2D eigenvalue weighted by Gasteiger charge is 2.19. The summed E-state index contributed by atoms with van der Waals surface area (Å²) in [6.45, 7) is 1.99. The molecule has 2 N–H and O–H groups in total. The van der Waals surface area contributed by atoms with Crippen molar-refractivity contribution in [2.75, 3.05) is 24.7 Å². The summed E-state index contributed by atoms with van der Waals surface area (Å²) in [4.78, 5) is 14.6. The highest BCUT2D eigenvalue weighted by Crippen LogP contribution is 2.33. The molecule has 1 unspecified atom stereocenters. The van der Waals surface area contributed by atoms with Crippen LogP contribution in [0.4, 0.5) is 11.9 Å². The molecule has 3 heterocycles. The van der Waals surface area contributed by atoms with Crippen molar-refractivity contribution >= 4 is 23.7 Å². The third kappa shape index (κ3) is 3.18. The van der Waals surface area contributed by atoms with E-state index in [9.17, 15) is 0 Å². The molecule has 0 saturated carbocycles. The van der Waals surface area contributed by atoms with Gasteiger partial charge >= 0.3 is 0 Å². The fraction of sp³-hybridized carbons (Fsp3) is 0.357. The molecule has 0 spiro atoms. The molecule has 0 amide bonds. The zero-order valence-electron chi connectivity index (χ0n) is 13.8. The second-order valence-corrected chi connectivity index (χ2v) is 6.66. The largest absolute Gasteiger partial charge is 0.461 e. The van der Waals surface area contributed by atoms with Crippen LogP contribution in [0.1, 0.15) is 18.0 Å². The summed E-state index contributed by atoms with van der Waals surface area (Å²) in [7, 11) is 5.60. The number of anilines is 2. The van der Waals surface area contributed by atoms with Crippen LogP contribution in [0.3, 0.4) is 0 Å². The van der Waals surface area contributed by atoms with Gasteiger partial charge in [-0.25, -0.2) is 0 Å². The molecule has 1 atom stereocenters. The van der Waals surface area contributed by atoms with E-state index in [4.69, 9.17) is 10.2 Å². The number of rotatable bonds is 5. The first-order valence-electron chi connectivity index (χ1n) is 7.24. The van der Waals surface area contributed by atoms with Gasteiger partial charge in [-0.3, -0.25) is 0 Å². The summed E-state index contributed by atoms with van der Waals surface area (Å²) < 4.78 is 7.25. The van der Waals surface area contributed by atoms with E-state index in [0.29, 0.717) is 23.4 Å². The van der Waals surface area contributed by atoms with Crippen molar-refractivity contribution in [2.45, 2.75) is 17.3 Å². The lowest BCUT2D eigenvalue weighted by Gasteiger charge is -2.14. The van der Waals surface area contributed by atoms with Crippen LogP contribution < -0.4 is 10.6 Å². The number of nitrogens with zero attached hydrogens (tertiary/aromatic N) is 7. The molecular formula is C14H18N8OS. The normalized spacial score (nSPS) is 12.3. The van der Waals surface area contributed by atoms with Crippen LogP contribution in [-0.4, -0.2) is 43.8 Å². The first-order valence-corrected chi connectivity index (χ1v) is 8.12. The Morgan fingerprint density at radius 3 is 2.71 bits per heavy atom. The number of hydrogen-bond donors (Lipinski definition) is 1. The van der Waals surface area contributed by atoms with Gasteiger partial charge < -0.3 is 19.6 Å². The molecular weight excluding hydrogens is 328 g/mol. The number of thioether (sulfide) groups is 1. The zero-order chi connectivity index (χ0) is 17.3. The van der Waals surface area contributed by atoms with E-state index in [1.807, 2.05) is 44.8 Å². The first kappa shape index (κ1) is 16.2. The summed E-state index contributed by atoms with van der Waals surface area (Å²) in [6, 6.07) is 3.66. The van der Waals surface area contributed by atoms with Crippen molar-refractivity contribution in [3.05, 3.63) is 24.2 Å². The van der Waals surface area contributed by atoms with E-state index in [1.54, 1.807) is 11.2 Å². The van der Waals surface area contributed by atoms with Gasteiger partial charge in [0.25, 0.3) is 0 Å². The van der Waals surface area contributed by atoms with Crippen molar-refractivity contribution in [3.63, 3.8) is 0 Å². The first-order chi connectivity index (χ1) is 11.5. The standard InChI is InChI=1S/C14H18N8OS/c1-8(10-16-12(15)18-13(17-10)21(2)3)24-14-20-19-11(22(14)4)9-6-5-7-23-9/h5-8H,1-4H3,(H2,15,16,17,18). The molecule has 3 aromatic heterocycles. The molecule has 9 nitrogen and oxygen atoms in total. The molecule has 0 aliphatic heterocycles. The predicted molar refractivity (Wildman–Crippen MR) is 91.5 cm³/mol. The molecule has 24 heavy (non-hydrogen) atoms. The molecule has 126 valence electrons. The molecule has 0 aliphatic carbocycles. The van der Waals surface area contributed by atoms with Gasteiger partial charge in [-0.05, 0) is 19.1 Å². The van der Waals surface area contributed by atoms with Crippen molar-refractivity contribution in [1.29, 1.82) is 0 Å². The van der Waals surface area contributed by atoms with Crippen LogP contribution in [-0.2, 0) is 7.05 Å². The average Bonchev–Trinajstić information content (AvgIpc) is 3.17. The minimum absolute atomic E-state index is 0.0682. The molecule has 3 aromatic rings. The highest BCUT2D eigenvalue weighted by molar-refractivity contribution is 7.99. The fourth-order valence-corrected chi connectivity index (χ4v) is 2.89. The summed E-state index contributed by atoms with van der Waals surface area (Å²) >= 11 is 1.49. The Kier molecular flexibility index (Phi) is 4.38. The molecule has 0 saturated heterocycles. The van der Waals surface area contributed by atoms with Crippen molar-refractivity contribution in [1.82, 2.24) is 29.7 Å². The van der Waals surface area contributed by atoms with Gasteiger partial charge in [0.05, 0.1) is 11.5 Å². The van der Waals surface area contributed by atoms with Crippen LogP contribution in [0.15, 0.2) is 28.0 Å². The maximum Gasteiger partial charge on any atom is 0.229 e. The Morgan fingerprint density at radius 1 is 1.25 bits per heavy atom. The third-order valence-corrected chi connectivity index (χ3v) is 4.41. The number of nitrogen functional groups attached to an aromatic ring is 1. The van der Waals surface area contributed by atoms with Gasteiger partial charge in [-0.2, -0.15) is 15.0 Å². The Morgan fingerprint density at radius 2 is 2.04 bits per heavy atom. The van der Waals surface area contributed by atoms with E-state index < -0.39 is 0 Å². The molecule has 0 bridgehead atoms. The lowest BCUT2D eigenvalue weighted by molar-refractivity contribution is 0.572. The van der Waals surface area contributed by atoms with Crippen LogP contribution in [0, 0.1) is 0 Å². The number of nitrogens with two attached hydrogens (primary N) is 1. The molecule has 10 heteroatoms. The van der Waals surface area contributed by atoms with E-state index >= 15 is 0 Å². The Balaban J connectivity index is 1.84. The van der Waals surface area contributed by atoms with E-state index in [2.05, 4.69) is 25.1 Å². The van der Waals surface area contributed by atoms with Crippen molar-refractivity contribution in [3.8, 4) is 11.6 Å². The zero-order valence-corrected chi connectivity index (χ0v) is 14.7. The maximum atomic E-state index is 5.78. The maximum absolute atomic E-state index is 5.78. The summed E-state index contributed by atoms with van der Waals surface area (Å²) in [5, 5.41) is 9.07. The second-order valence-electron chi connectivity index (χ2n) is 5.35. The topological polar surface area (TPSA) is 112 Å². The minimum Gasteiger partial charge on any atom is -0.461 e. The molecule has 0 aromatic carbocycles. The Hall–Kier alpha value is -2.62. The van der Waals surface area contributed by atoms with Crippen molar-refractivity contribution < 1.29 is 4.42 Å². The number of hydrogen-bond acceptors (Lipinski definition) is 9. The average molecular weight is 346 g/mol. The van der Waals surface area contributed by atoms with E-state index in [1.165, 1.54) is 11.8 Å². The van der Waals surface area contributed by atoms with Gasteiger partial charge in [0, 0.05) is 21.1 Å². The molecule has 0 fully saturated rings. The summed E-state index contributed by atoms with van der Waals surface area (Å²) in [5.41, 5.74) is 5.78. The smallest absolute Gasteiger partial charge is 0.229 e. The number of furan rings is 1. The molecule has 0 aliphatic rings. The Labute approximate surface area is 143 Å². The molecule has 0 radical (unpaired) electrons. The van der Waals surface area contributed by atoms with Gasteiger partial charge in [0.15, 0.2) is 16.7 Å². The van der Waals surface area contributed by atoms with E-state index in [0.717, 1.165) is 5.16 Å². The summed E-state index contributed by atoms with van der Waals surface area (Å²) in [5.74, 6) is 2.66. The third-order valence-electron chi connectivity index (χ3n) is 3.28. The lowest BCUT2D eigenvalue weighted by Crippen LogP contribution is -2.16. The SMILES string of the molecule is CC(Sc1nnc(-c2ccco2)n1C)c1nc(N)nc(N(C)C)n1. The van der Waals surface area contributed by atoms with Gasteiger partial charge in [-0.15, -0.1) is 10.2 Å². The van der Waals surface area contributed by atoms with Crippen LogP contribution >= 0.6 is 11.8 Å². The van der Waals surface area contributed by atoms with Gasteiger partial charge in [-0.1, -0.05) is 11.8 Å². The van der Waals surface area contributed by atoms with Crippen LogP contribution in [0.2, 0.25) is 0 Å². The summed E-state index contributed by atoms with van der Waals surface area (Å²) in [6.07, 6.45) is 1.61. The monoisotopic (exact) mass is 346 g/mol. The van der Waals surface area contributed by atoms with Crippen LogP contribution in [0.25, 0.3) is 11.6 Å². The Bertz CT molecular complexity index is 829. The van der Waals surface area contributed by atoms with E-state index in [-0.39, 0.29) is 11.2 Å². The fourth-order valence-electron chi connectivity index (χ4n) is 2.03. The molecule has 3 rings (SSSR count).